The number of hydrogen-bond acceptors (Lipinski definition) is 3. The van der Waals surface area contributed by atoms with Crippen LogP contribution in [0.5, 0.6) is 0 Å². The molecular weight excluding hydrogens is 459 g/mol. The summed E-state index contributed by atoms with van der Waals surface area (Å²) in [5.74, 6) is 0. The predicted octanol–water partition coefficient (Wildman–Crippen LogP) is 7.29. The highest BCUT2D eigenvalue weighted by Crippen LogP contribution is 2.34. The van der Waals surface area contributed by atoms with Crippen LogP contribution in [0.1, 0.15) is 5.56 Å². The van der Waals surface area contributed by atoms with Crippen molar-refractivity contribution in [2.24, 2.45) is 0 Å². The zero-order chi connectivity index (χ0) is 20.8. The number of benzene rings is 3. The third-order valence-electron chi connectivity index (χ3n) is 5.09. The number of nitrogens with zero attached hydrogens (tertiary/aromatic N) is 2. The minimum Gasteiger partial charge on any atom is -0.294 e. The molecule has 0 aliphatic rings. The van der Waals surface area contributed by atoms with E-state index in [2.05, 4.69) is 29.2 Å². The lowest BCUT2D eigenvalue weighted by Crippen LogP contribution is -2.21. The van der Waals surface area contributed by atoms with Gasteiger partial charge < -0.3 is 0 Å². The zero-order valence-corrected chi connectivity index (χ0v) is 18.5. The molecule has 0 spiro atoms. The lowest BCUT2D eigenvalue weighted by atomic mass is 10.0. The first-order valence-electron chi connectivity index (χ1n) is 9.11. The van der Waals surface area contributed by atoms with Gasteiger partial charge in [-0.2, -0.15) is 0 Å². The second-order valence-electron chi connectivity index (χ2n) is 6.89. The van der Waals surface area contributed by atoms with Crippen molar-refractivity contribution in [3.05, 3.63) is 97.3 Å². The van der Waals surface area contributed by atoms with E-state index in [1.54, 1.807) is 12.1 Å². The molecule has 3 nitrogen and oxygen atoms in total. The zero-order valence-electron chi connectivity index (χ0n) is 15.4. The van der Waals surface area contributed by atoms with Crippen molar-refractivity contribution in [1.82, 2.24) is 9.55 Å². The lowest BCUT2D eigenvalue weighted by molar-refractivity contribution is 0.750. The van der Waals surface area contributed by atoms with Gasteiger partial charge in [0.2, 0.25) is 0 Å². The highest BCUT2D eigenvalue weighted by atomic mass is 35.5. The highest BCUT2D eigenvalue weighted by molar-refractivity contribution is 7.17. The van der Waals surface area contributed by atoms with E-state index in [1.807, 2.05) is 23.6 Å². The third kappa shape index (κ3) is 3.30. The Balaban J connectivity index is 1.66. The maximum absolute atomic E-state index is 13.4. The van der Waals surface area contributed by atoms with Gasteiger partial charge in [0.25, 0.3) is 5.56 Å². The molecule has 0 unspecified atom stereocenters. The molecule has 2 aromatic heterocycles. The summed E-state index contributed by atoms with van der Waals surface area (Å²) in [6.07, 6.45) is 1.53. The van der Waals surface area contributed by atoms with Gasteiger partial charge in [-0.3, -0.25) is 9.36 Å². The molecule has 30 heavy (non-hydrogen) atoms. The molecule has 0 atom stereocenters. The first-order valence-corrected chi connectivity index (χ1v) is 11.1. The third-order valence-corrected chi connectivity index (χ3v) is 7.17. The number of thiophene rings is 1. The molecule has 0 radical (unpaired) electrons. The molecule has 0 saturated heterocycles. The van der Waals surface area contributed by atoms with E-state index in [-0.39, 0.29) is 12.1 Å². The number of hydrogen-bond donors (Lipinski definition) is 0. The molecule has 0 bridgehead atoms. The van der Waals surface area contributed by atoms with Crippen LogP contribution >= 0.6 is 46.1 Å². The molecule has 2 heterocycles. The van der Waals surface area contributed by atoms with Crippen molar-refractivity contribution >= 4 is 67.1 Å². The molecule has 0 amide bonds. The molecule has 0 N–H and O–H groups in total. The fourth-order valence-corrected chi connectivity index (χ4v) is 5.11. The standard InChI is InChI=1S/C23H13Cl3N2OS/c24-18-7-8-19(25)21(26)16(18)10-28-12-27-22-20(23(28)29)17(11-30-22)15-6-5-13-3-1-2-4-14(13)9-15/h1-9,11-12H,10H2. The Hall–Kier alpha value is -2.37. The van der Waals surface area contributed by atoms with Gasteiger partial charge in [-0.15, -0.1) is 11.3 Å². The van der Waals surface area contributed by atoms with Crippen molar-refractivity contribution in [3.63, 3.8) is 0 Å². The number of rotatable bonds is 3. The summed E-state index contributed by atoms with van der Waals surface area (Å²) in [7, 11) is 0. The summed E-state index contributed by atoms with van der Waals surface area (Å²) >= 11 is 20.2. The van der Waals surface area contributed by atoms with Crippen molar-refractivity contribution in [2.75, 3.05) is 0 Å². The summed E-state index contributed by atoms with van der Waals surface area (Å²) in [6, 6.07) is 17.6. The molecular formula is C23H13Cl3N2OS. The minimum absolute atomic E-state index is 0.142. The van der Waals surface area contributed by atoms with Gasteiger partial charge in [-0.25, -0.2) is 4.98 Å². The summed E-state index contributed by atoms with van der Waals surface area (Å²) in [4.78, 5) is 18.6. The molecule has 0 fully saturated rings. The molecule has 7 heteroatoms. The summed E-state index contributed by atoms with van der Waals surface area (Å²) in [6.45, 7) is 0.188. The minimum atomic E-state index is -0.142. The maximum atomic E-state index is 13.4. The van der Waals surface area contributed by atoms with Crippen LogP contribution in [0.4, 0.5) is 0 Å². The van der Waals surface area contributed by atoms with Crippen molar-refractivity contribution < 1.29 is 0 Å². The van der Waals surface area contributed by atoms with E-state index in [0.717, 1.165) is 21.9 Å². The first-order chi connectivity index (χ1) is 14.5. The van der Waals surface area contributed by atoms with Gasteiger partial charge in [0, 0.05) is 21.5 Å². The summed E-state index contributed by atoms with van der Waals surface area (Å²) < 4.78 is 1.52. The van der Waals surface area contributed by atoms with E-state index in [4.69, 9.17) is 34.8 Å². The molecule has 5 aromatic rings. The number of fused-ring (bicyclic) bond motifs is 2. The number of halogens is 3. The van der Waals surface area contributed by atoms with Gasteiger partial charge in [0.05, 0.1) is 28.3 Å². The summed E-state index contributed by atoms with van der Waals surface area (Å²) in [5, 5.41) is 6.04. The molecule has 0 aliphatic heterocycles. The lowest BCUT2D eigenvalue weighted by Gasteiger charge is -2.11. The Labute approximate surface area is 191 Å². The fourth-order valence-electron chi connectivity index (χ4n) is 3.53. The molecule has 3 aromatic carbocycles. The van der Waals surface area contributed by atoms with Crippen molar-refractivity contribution in [1.29, 1.82) is 0 Å². The monoisotopic (exact) mass is 470 g/mol. The summed E-state index contributed by atoms with van der Waals surface area (Å²) in [5.41, 5.74) is 2.30. The van der Waals surface area contributed by atoms with Gasteiger partial charge >= 0.3 is 0 Å². The number of aromatic nitrogens is 2. The largest absolute Gasteiger partial charge is 0.294 e. The highest BCUT2D eigenvalue weighted by Gasteiger charge is 2.16. The maximum Gasteiger partial charge on any atom is 0.263 e. The average Bonchev–Trinajstić information content (AvgIpc) is 3.20. The van der Waals surface area contributed by atoms with Crippen LogP contribution in [0, 0.1) is 0 Å². The Kier molecular flexibility index (Phi) is 5.03. The predicted molar refractivity (Wildman–Crippen MR) is 127 cm³/mol. The van der Waals surface area contributed by atoms with Crippen molar-refractivity contribution in [3.8, 4) is 11.1 Å². The quantitative estimate of drug-likeness (QED) is 0.259. The Morgan fingerprint density at radius 3 is 2.53 bits per heavy atom. The van der Waals surface area contributed by atoms with Crippen LogP contribution in [0.3, 0.4) is 0 Å². The van der Waals surface area contributed by atoms with Gasteiger partial charge in [0.1, 0.15) is 4.83 Å². The SMILES string of the molecule is O=c1c2c(-c3ccc4ccccc4c3)csc2ncn1Cc1c(Cl)ccc(Cl)c1Cl. The van der Waals surface area contributed by atoms with Crippen LogP contribution in [-0.4, -0.2) is 9.55 Å². The molecule has 0 saturated carbocycles. The normalized spacial score (nSPS) is 11.4. The van der Waals surface area contributed by atoms with Crippen LogP contribution in [-0.2, 0) is 6.54 Å². The van der Waals surface area contributed by atoms with Gasteiger partial charge in [-0.1, -0.05) is 71.2 Å². The van der Waals surface area contributed by atoms with Gasteiger partial charge in [-0.05, 0) is 34.5 Å². The molecule has 5 rings (SSSR count). The fraction of sp³-hybridized carbons (Fsp3) is 0.0435. The Bertz CT molecular complexity index is 1490. The van der Waals surface area contributed by atoms with E-state index in [9.17, 15) is 4.79 Å². The van der Waals surface area contributed by atoms with E-state index in [0.29, 0.717) is 30.8 Å². The van der Waals surface area contributed by atoms with E-state index >= 15 is 0 Å². The van der Waals surface area contributed by atoms with Crippen molar-refractivity contribution in [2.45, 2.75) is 6.54 Å². The first kappa shape index (κ1) is 19.6. The Morgan fingerprint density at radius 1 is 0.933 bits per heavy atom. The molecule has 148 valence electrons. The second kappa shape index (κ2) is 7.71. The van der Waals surface area contributed by atoms with Crippen LogP contribution in [0.25, 0.3) is 32.1 Å². The van der Waals surface area contributed by atoms with Crippen LogP contribution in [0.2, 0.25) is 15.1 Å². The van der Waals surface area contributed by atoms with Crippen LogP contribution < -0.4 is 5.56 Å². The topological polar surface area (TPSA) is 34.9 Å². The Morgan fingerprint density at radius 2 is 1.70 bits per heavy atom. The van der Waals surface area contributed by atoms with Gasteiger partial charge in [0.15, 0.2) is 0 Å². The van der Waals surface area contributed by atoms with Crippen LogP contribution in [0.15, 0.2) is 71.1 Å². The average molecular weight is 472 g/mol. The van der Waals surface area contributed by atoms with E-state index < -0.39 is 0 Å². The van der Waals surface area contributed by atoms with E-state index in [1.165, 1.54) is 22.2 Å². The smallest absolute Gasteiger partial charge is 0.263 e. The molecule has 0 aliphatic carbocycles. The second-order valence-corrected chi connectivity index (χ2v) is 8.94.